The zero-order valence-electron chi connectivity index (χ0n) is 4.23. The summed E-state index contributed by atoms with van der Waals surface area (Å²) in [5, 5.41) is -0.591. The topological polar surface area (TPSA) is 30.2 Å². The van der Waals surface area contributed by atoms with Gasteiger partial charge in [0.25, 0.3) is 5.24 Å². The largest absolute Gasteiger partial charge is 0.459 e. The van der Waals surface area contributed by atoms with Crippen LogP contribution in [0.15, 0.2) is 21.2 Å². The summed E-state index contributed by atoms with van der Waals surface area (Å²) in [5.74, 6) is 0.150. The summed E-state index contributed by atoms with van der Waals surface area (Å²) in [6.07, 6.45) is 1.39. The van der Waals surface area contributed by atoms with Crippen LogP contribution >= 0.6 is 27.5 Å². The molecule has 0 aliphatic heterocycles. The van der Waals surface area contributed by atoms with Gasteiger partial charge in [0, 0.05) is 0 Å². The van der Waals surface area contributed by atoms with E-state index in [2.05, 4.69) is 15.9 Å². The summed E-state index contributed by atoms with van der Waals surface area (Å²) in [7, 11) is 0. The molecule has 1 aromatic rings. The summed E-state index contributed by atoms with van der Waals surface area (Å²) < 4.78 is 5.28. The van der Waals surface area contributed by atoms with Crippen molar-refractivity contribution in [2.45, 2.75) is 0 Å². The summed E-state index contributed by atoms with van der Waals surface area (Å²) in [4.78, 5) is 10.4. The maximum atomic E-state index is 10.4. The van der Waals surface area contributed by atoms with E-state index in [9.17, 15) is 4.79 Å². The molecule has 1 heterocycles. The van der Waals surface area contributed by atoms with Crippen molar-refractivity contribution in [2.24, 2.45) is 0 Å². The minimum Gasteiger partial charge on any atom is -0.459 e. The SMILES string of the molecule is O=C(Cl)c1occc1Br. The molecule has 1 rings (SSSR count). The molecule has 0 saturated heterocycles. The van der Waals surface area contributed by atoms with Crippen molar-refractivity contribution in [2.75, 3.05) is 0 Å². The van der Waals surface area contributed by atoms with Crippen LogP contribution in [0.4, 0.5) is 0 Å². The Labute approximate surface area is 64.9 Å². The van der Waals surface area contributed by atoms with Crippen molar-refractivity contribution in [1.29, 1.82) is 0 Å². The number of hydrogen-bond acceptors (Lipinski definition) is 2. The Bertz CT molecular complexity index is 231. The molecule has 48 valence electrons. The molecule has 0 atom stereocenters. The molecule has 4 heteroatoms. The lowest BCUT2D eigenvalue weighted by Gasteiger charge is -1.82. The van der Waals surface area contributed by atoms with Crippen molar-refractivity contribution in [1.82, 2.24) is 0 Å². The van der Waals surface area contributed by atoms with E-state index >= 15 is 0 Å². The van der Waals surface area contributed by atoms with Gasteiger partial charge in [0.2, 0.25) is 0 Å². The van der Waals surface area contributed by atoms with Crippen molar-refractivity contribution >= 4 is 32.8 Å². The first-order valence-electron chi connectivity index (χ1n) is 2.14. The maximum Gasteiger partial charge on any atom is 0.288 e. The van der Waals surface area contributed by atoms with Gasteiger partial charge in [-0.15, -0.1) is 0 Å². The van der Waals surface area contributed by atoms with E-state index in [0.717, 1.165) is 0 Å². The molecule has 0 bridgehead atoms. The van der Waals surface area contributed by atoms with Crippen LogP contribution in [0.25, 0.3) is 0 Å². The molecule has 0 saturated carbocycles. The summed E-state index contributed by atoms with van der Waals surface area (Å²) in [6, 6.07) is 1.61. The zero-order valence-corrected chi connectivity index (χ0v) is 6.57. The second-order valence-electron chi connectivity index (χ2n) is 1.37. The highest BCUT2D eigenvalue weighted by molar-refractivity contribution is 9.10. The van der Waals surface area contributed by atoms with Crippen LogP contribution in [0.1, 0.15) is 10.6 Å². The van der Waals surface area contributed by atoms with Gasteiger partial charge in [0.05, 0.1) is 10.7 Å². The molecule has 2 nitrogen and oxygen atoms in total. The normalized spacial score (nSPS) is 9.56. The molecule has 0 radical (unpaired) electrons. The second kappa shape index (κ2) is 2.54. The first kappa shape index (κ1) is 6.83. The van der Waals surface area contributed by atoms with Crippen molar-refractivity contribution < 1.29 is 9.21 Å². The molecule has 0 fully saturated rings. The van der Waals surface area contributed by atoms with E-state index in [-0.39, 0.29) is 5.76 Å². The Balaban J connectivity index is 3.08. The van der Waals surface area contributed by atoms with Crippen LogP contribution in [0.5, 0.6) is 0 Å². The van der Waals surface area contributed by atoms with Gasteiger partial charge in [-0.2, -0.15) is 0 Å². The van der Waals surface area contributed by atoms with Gasteiger partial charge in [0.15, 0.2) is 5.76 Å². The molecule has 0 aromatic carbocycles. The second-order valence-corrected chi connectivity index (χ2v) is 2.57. The number of furan rings is 1. The average molecular weight is 209 g/mol. The third-order valence-electron chi connectivity index (χ3n) is 0.796. The Morgan fingerprint density at radius 2 is 2.44 bits per heavy atom. The fourth-order valence-corrected chi connectivity index (χ4v) is 1.08. The van der Waals surface area contributed by atoms with Crippen molar-refractivity contribution in [3.05, 3.63) is 22.6 Å². The predicted octanol–water partition coefficient (Wildman–Crippen LogP) is 2.42. The Kier molecular flexibility index (Phi) is 1.93. The lowest BCUT2D eigenvalue weighted by Crippen LogP contribution is -1.83. The highest BCUT2D eigenvalue weighted by Gasteiger charge is 2.09. The molecular formula is C5H2BrClO2. The van der Waals surface area contributed by atoms with E-state index < -0.39 is 5.24 Å². The molecule has 0 aliphatic rings. The average Bonchev–Trinajstić information content (AvgIpc) is 2.13. The lowest BCUT2D eigenvalue weighted by atomic mass is 10.5. The Morgan fingerprint density at radius 3 is 2.67 bits per heavy atom. The highest BCUT2D eigenvalue weighted by Crippen LogP contribution is 2.18. The third kappa shape index (κ3) is 1.34. The molecule has 0 amide bonds. The number of carbonyl (C=O) groups excluding carboxylic acids is 1. The minimum absolute atomic E-state index is 0.150. The van der Waals surface area contributed by atoms with Crippen LogP contribution in [0.3, 0.4) is 0 Å². The number of halogens is 2. The number of carbonyl (C=O) groups is 1. The van der Waals surface area contributed by atoms with Crippen LogP contribution < -0.4 is 0 Å². The van der Waals surface area contributed by atoms with E-state index in [1.807, 2.05) is 0 Å². The first-order chi connectivity index (χ1) is 4.22. The van der Waals surface area contributed by atoms with Gasteiger partial charge in [0.1, 0.15) is 0 Å². The van der Waals surface area contributed by atoms with Crippen LogP contribution in [0.2, 0.25) is 0 Å². The Hall–Kier alpha value is -0.280. The molecule has 0 N–H and O–H groups in total. The molecule has 0 unspecified atom stereocenters. The summed E-state index contributed by atoms with van der Waals surface area (Å²) in [6.45, 7) is 0. The molecule has 0 spiro atoms. The van der Waals surface area contributed by atoms with Gasteiger partial charge in [-0.3, -0.25) is 4.79 Å². The first-order valence-corrected chi connectivity index (χ1v) is 3.31. The van der Waals surface area contributed by atoms with E-state index in [1.165, 1.54) is 6.26 Å². The minimum atomic E-state index is -0.591. The maximum absolute atomic E-state index is 10.4. The van der Waals surface area contributed by atoms with Crippen LogP contribution in [-0.4, -0.2) is 5.24 Å². The van der Waals surface area contributed by atoms with Crippen molar-refractivity contribution in [3.8, 4) is 0 Å². The van der Waals surface area contributed by atoms with Crippen LogP contribution in [0, 0.1) is 0 Å². The molecule has 9 heavy (non-hydrogen) atoms. The fraction of sp³-hybridized carbons (Fsp3) is 0. The van der Waals surface area contributed by atoms with Gasteiger partial charge < -0.3 is 4.42 Å². The highest BCUT2D eigenvalue weighted by atomic mass is 79.9. The van der Waals surface area contributed by atoms with E-state index in [0.29, 0.717) is 4.47 Å². The van der Waals surface area contributed by atoms with Crippen LogP contribution in [-0.2, 0) is 0 Å². The molecular weight excluding hydrogens is 207 g/mol. The summed E-state index contributed by atoms with van der Waals surface area (Å²) >= 11 is 8.15. The van der Waals surface area contributed by atoms with E-state index in [1.54, 1.807) is 6.07 Å². The fourth-order valence-electron chi connectivity index (χ4n) is 0.434. The van der Waals surface area contributed by atoms with Gasteiger partial charge in [-0.05, 0) is 33.6 Å². The third-order valence-corrected chi connectivity index (χ3v) is 1.59. The van der Waals surface area contributed by atoms with Crippen molar-refractivity contribution in [3.63, 3.8) is 0 Å². The van der Waals surface area contributed by atoms with Gasteiger partial charge in [-0.1, -0.05) is 0 Å². The van der Waals surface area contributed by atoms with E-state index in [4.69, 9.17) is 16.0 Å². The molecule has 0 aliphatic carbocycles. The summed E-state index contributed by atoms with van der Waals surface area (Å²) in [5.41, 5.74) is 0. The number of rotatable bonds is 1. The Morgan fingerprint density at radius 1 is 1.78 bits per heavy atom. The van der Waals surface area contributed by atoms with Gasteiger partial charge >= 0.3 is 0 Å². The standard InChI is InChI=1S/C5H2BrClO2/c6-3-1-2-9-4(3)5(7)8/h1-2H. The molecule has 1 aromatic heterocycles. The predicted molar refractivity (Wildman–Crippen MR) is 36.6 cm³/mol. The smallest absolute Gasteiger partial charge is 0.288 e. The zero-order chi connectivity index (χ0) is 6.85. The van der Waals surface area contributed by atoms with Gasteiger partial charge in [-0.25, -0.2) is 0 Å². The quantitative estimate of drug-likeness (QED) is 0.665. The number of hydrogen-bond donors (Lipinski definition) is 0. The monoisotopic (exact) mass is 208 g/mol. The lowest BCUT2D eigenvalue weighted by molar-refractivity contribution is 0.105.